The van der Waals surface area contributed by atoms with Crippen LogP contribution in [-0.2, 0) is 4.79 Å². The average molecular weight is 440 g/mol. The summed E-state index contributed by atoms with van der Waals surface area (Å²) in [6.45, 7) is 3.76. The van der Waals surface area contributed by atoms with Crippen molar-refractivity contribution in [2.24, 2.45) is 5.92 Å². The van der Waals surface area contributed by atoms with Crippen LogP contribution < -0.4 is 5.32 Å². The second-order valence-corrected chi connectivity index (χ2v) is 9.28. The predicted octanol–water partition coefficient (Wildman–Crippen LogP) is 3.38. The second-order valence-electron chi connectivity index (χ2n) is 9.28. The lowest BCUT2D eigenvalue weighted by Gasteiger charge is -2.35. The lowest BCUT2D eigenvalue weighted by atomic mass is 9.87. The van der Waals surface area contributed by atoms with E-state index < -0.39 is 0 Å². The Labute approximate surface area is 189 Å². The van der Waals surface area contributed by atoms with Gasteiger partial charge in [0.2, 0.25) is 5.91 Å². The van der Waals surface area contributed by atoms with Crippen LogP contribution in [0.3, 0.4) is 0 Å². The molecule has 1 aromatic carbocycles. The Morgan fingerprint density at radius 3 is 2.34 bits per heavy atom. The molecule has 7 nitrogen and oxygen atoms in total. The number of hydrogen-bond acceptors (Lipinski definition) is 4. The fourth-order valence-electron chi connectivity index (χ4n) is 5.07. The number of imide groups is 1. The van der Waals surface area contributed by atoms with Gasteiger partial charge in [0.15, 0.2) is 0 Å². The van der Waals surface area contributed by atoms with Crippen LogP contribution in [0.4, 0.5) is 0 Å². The van der Waals surface area contributed by atoms with Gasteiger partial charge < -0.3 is 10.2 Å². The number of nitrogens with zero attached hydrogens (tertiary/aromatic N) is 2. The molecule has 32 heavy (non-hydrogen) atoms. The highest BCUT2D eigenvalue weighted by Gasteiger charge is 2.36. The van der Waals surface area contributed by atoms with Gasteiger partial charge in [0.1, 0.15) is 0 Å². The molecule has 0 atom stereocenters. The van der Waals surface area contributed by atoms with Crippen molar-refractivity contribution in [3.8, 4) is 0 Å². The minimum atomic E-state index is -0.317. The molecule has 2 fully saturated rings. The van der Waals surface area contributed by atoms with E-state index in [0.717, 1.165) is 51.4 Å². The molecule has 0 aromatic heterocycles. The first-order valence-electron chi connectivity index (χ1n) is 12.1. The fourth-order valence-corrected chi connectivity index (χ4v) is 5.07. The van der Waals surface area contributed by atoms with Crippen LogP contribution >= 0.6 is 0 Å². The van der Waals surface area contributed by atoms with Crippen LogP contribution in [-0.4, -0.2) is 59.1 Å². The number of piperidine rings is 1. The number of carbonyl (C=O) groups excluding carboxylic acids is 4. The summed E-state index contributed by atoms with van der Waals surface area (Å²) in [5.74, 6) is -0.373. The molecule has 3 aliphatic rings. The summed E-state index contributed by atoms with van der Waals surface area (Å²) in [7, 11) is 0. The highest BCUT2D eigenvalue weighted by molar-refractivity contribution is 6.22. The lowest BCUT2D eigenvalue weighted by molar-refractivity contribution is -0.137. The van der Waals surface area contributed by atoms with Crippen molar-refractivity contribution in [3.63, 3.8) is 0 Å². The first-order chi connectivity index (χ1) is 15.5. The van der Waals surface area contributed by atoms with E-state index in [-0.39, 0.29) is 35.6 Å². The monoisotopic (exact) mass is 439 g/mol. The Morgan fingerprint density at radius 1 is 0.969 bits per heavy atom. The van der Waals surface area contributed by atoms with Gasteiger partial charge in [-0.1, -0.05) is 32.6 Å². The summed E-state index contributed by atoms with van der Waals surface area (Å²) in [5, 5.41) is 3.05. The van der Waals surface area contributed by atoms with Gasteiger partial charge in [-0.05, 0) is 50.3 Å². The van der Waals surface area contributed by atoms with Gasteiger partial charge in [-0.15, -0.1) is 0 Å². The van der Waals surface area contributed by atoms with E-state index in [9.17, 15) is 19.2 Å². The van der Waals surface area contributed by atoms with E-state index in [0.29, 0.717) is 36.3 Å². The van der Waals surface area contributed by atoms with Gasteiger partial charge in [-0.2, -0.15) is 0 Å². The average Bonchev–Trinajstić information content (AvgIpc) is 3.07. The zero-order valence-electron chi connectivity index (χ0n) is 18.9. The van der Waals surface area contributed by atoms with Crippen LogP contribution in [0.15, 0.2) is 18.2 Å². The van der Waals surface area contributed by atoms with Gasteiger partial charge >= 0.3 is 0 Å². The van der Waals surface area contributed by atoms with Gasteiger partial charge in [0, 0.05) is 37.2 Å². The van der Waals surface area contributed by atoms with E-state index in [2.05, 4.69) is 5.32 Å². The molecular weight excluding hydrogens is 406 g/mol. The molecule has 2 heterocycles. The SMILES string of the molecule is CCCCN1C(=O)c2ccc(C(=O)NC3CCN(C(=O)C4CCCCC4)CC3)cc2C1=O. The third-order valence-corrected chi connectivity index (χ3v) is 7.06. The maximum atomic E-state index is 12.8. The molecular formula is C25H33N3O4. The summed E-state index contributed by atoms with van der Waals surface area (Å²) in [6.07, 6.45) is 8.66. The van der Waals surface area contributed by atoms with E-state index >= 15 is 0 Å². The van der Waals surface area contributed by atoms with Crippen molar-refractivity contribution in [3.05, 3.63) is 34.9 Å². The molecule has 4 rings (SSSR count). The maximum absolute atomic E-state index is 12.8. The predicted molar refractivity (Wildman–Crippen MR) is 120 cm³/mol. The highest BCUT2D eigenvalue weighted by Crippen LogP contribution is 2.27. The molecule has 2 aliphatic heterocycles. The van der Waals surface area contributed by atoms with E-state index in [1.165, 1.54) is 11.3 Å². The van der Waals surface area contributed by atoms with Crippen LogP contribution in [0.1, 0.15) is 95.8 Å². The minimum Gasteiger partial charge on any atom is -0.349 e. The van der Waals surface area contributed by atoms with E-state index in [1.54, 1.807) is 18.2 Å². The molecule has 1 aliphatic carbocycles. The largest absolute Gasteiger partial charge is 0.349 e. The van der Waals surface area contributed by atoms with Crippen LogP contribution in [0.25, 0.3) is 0 Å². The first-order valence-corrected chi connectivity index (χ1v) is 12.1. The molecule has 1 saturated carbocycles. The fraction of sp³-hybridized carbons (Fsp3) is 0.600. The van der Waals surface area contributed by atoms with Crippen molar-refractivity contribution >= 4 is 23.6 Å². The number of unbranched alkanes of at least 4 members (excludes halogenated alkanes) is 1. The summed E-state index contributed by atoms with van der Waals surface area (Å²) >= 11 is 0. The summed E-state index contributed by atoms with van der Waals surface area (Å²) in [4.78, 5) is 53.9. The Kier molecular flexibility index (Phi) is 6.92. The Hall–Kier alpha value is -2.70. The van der Waals surface area contributed by atoms with E-state index in [1.807, 2.05) is 11.8 Å². The zero-order valence-corrected chi connectivity index (χ0v) is 18.9. The summed E-state index contributed by atoms with van der Waals surface area (Å²) in [5.41, 5.74) is 1.08. The summed E-state index contributed by atoms with van der Waals surface area (Å²) in [6, 6.07) is 4.75. The first kappa shape index (κ1) is 22.5. The molecule has 0 unspecified atom stereocenters. The second kappa shape index (κ2) is 9.84. The third-order valence-electron chi connectivity index (χ3n) is 7.06. The van der Waals surface area contributed by atoms with Crippen LogP contribution in [0.5, 0.6) is 0 Å². The Balaban J connectivity index is 1.33. The number of carbonyl (C=O) groups is 4. The molecule has 0 radical (unpaired) electrons. The molecule has 1 N–H and O–H groups in total. The standard InChI is InChI=1S/C25H33N3O4/c1-2-3-13-28-24(31)20-10-9-18(16-21(20)25(28)32)22(29)26-19-11-14-27(15-12-19)23(30)17-7-5-4-6-8-17/h9-10,16-17,19H,2-8,11-15H2,1H3,(H,26,29). The van der Waals surface area contributed by atoms with E-state index in [4.69, 9.17) is 0 Å². The number of likely N-dealkylation sites (tertiary alicyclic amines) is 1. The van der Waals surface area contributed by atoms with Gasteiger partial charge in [0.05, 0.1) is 11.1 Å². The van der Waals surface area contributed by atoms with Crippen molar-refractivity contribution in [2.45, 2.75) is 70.8 Å². The minimum absolute atomic E-state index is 0.00421. The highest BCUT2D eigenvalue weighted by atomic mass is 16.2. The number of hydrogen-bond donors (Lipinski definition) is 1. The summed E-state index contributed by atoms with van der Waals surface area (Å²) < 4.78 is 0. The molecule has 1 saturated heterocycles. The van der Waals surface area contributed by atoms with Crippen molar-refractivity contribution in [2.75, 3.05) is 19.6 Å². The number of amides is 4. The smallest absolute Gasteiger partial charge is 0.261 e. The normalized spacial score (nSPS) is 19.9. The molecule has 0 spiro atoms. The lowest BCUT2D eigenvalue weighted by Crippen LogP contribution is -2.48. The molecule has 0 bridgehead atoms. The van der Waals surface area contributed by atoms with Crippen molar-refractivity contribution in [1.29, 1.82) is 0 Å². The van der Waals surface area contributed by atoms with Gasteiger partial charge in [-0.25, -0.2) is 0 Å². The number of rotatable bonds is 6. The van der Waals surface area contributed by atoms with Crippen LogP contribution in [0, 0.1) is 5.92 Å². The van der Waals surface area contributed by atoms with Gasteiger partial charge in [0.25, 0.3) is 17.7 Å². The number of fused-ring (bicyclic) bond motifs is 1. The Bertz CT molecular complexity index is 898. The van der Waals surface area contributed by atoms with Gasteiger partial charge in [-0.3, -0.25) is 24.1 Å². The number of benzene rings is 1. The quantitative estimate of drug-likeness (QED) is 0.689. The third kappa shape index (κ3) is 4.57. The molecule has 172 valence electrons. The Morgan fingerprint density at radius 2 is 1.66 bits per heavy atom. The molecule has 4 amide bonds. The topological polar surface area (TPSA) is 86.8 Å². The van der Waals surface area contributed by atoms with Crippen molar-refractivity contribution < 1.29 is 19.2 Å². The number of nitrogens with one attached hydrogen (secondary N) is 1. The molecule has 7 heteroatoms. The maximum Gasteiger partial charge on any atom is 0.261 e. The van der Waals surface area contributed by atoms with Crippen molar-refractivity contribution in [1.82, 2.24) is 15.1 Å². The van der Waals surface area contributed by atoms with Crippen LogP contribution in [0.2, 0.25) is 0 Å². The molecule has 1 aromatic rings. The zero-order chi connectivity index (χ0) is 22.7.